The van der Waals surface area contributed by atoms with E-state index in [4.69, 9.17) is 16.6 Å². The first-order chi connectivity index (χ1) is 11.7. The van der Waals surface area contributed by atoms with Crippen LogP contribution >= 0.6 is 27.5 Å². The van der Waals surface area contributed by atoms with Crippen LogP contribution in [0.2, 0.25) is 5.02 Å². The number of aliphatic imine (C=N–C) groups is 1. The molecule has 1 saturated heterocycles. The van der Waals surface area contributed by atoms with E-state index in [-0.39, 0.29) is 5.92 Å². The Hall–Kier alpha value is -1.16. The van der Waals surface area contributed by atoms with Crippen molar-refractivity contribution in [3.63, 3.8) is 0 Å². The zero-order valence-electron chi connectivity index (χ0n) is 13.4. The van der Waals surface area contributed by atoms with Gasteiger partial charge in [0.2, 0.25) is 0 Å². The van der Waals surface area contributed by atoms with Crippen molar-refractivity contribution in [2.24, 2.45) is 16.8 Å². The number of nitrogens with one attached hydrogen (secondary N) is 1. The minimum atomic E-state index is 0.238. The lowest BCUT2D eigenvalue weighted by Crippen LogP contribution is -2.35. The lowest BCUT2D eigenvalue weighted by molar-refractivity contribution is 0.354. The molecule has 1 aromatic rings. The van der Waals surface area contributed by atoms with Crippen molar-refractivity contribution in [3.05, 3.63) is 63.3 Å². The second kappa shape index (κ2) is 6.99. The second-order valence-corrected chi connectivity index (χ2v) is 8.00. The fourth-order valence-corrected chi connectivity index (χ4v) is 4.46. The van der Waals surface area contributed by atoms with Crippen LogP contribution in [0, 0.1) is 11.8 Å². The van der Waals surface area contributed by atoms with Gasteiger partial charge < -0.3 is 5.32 Å². The summed E-state index contributed by atoms with van der Waals surface area (Å²) >= 11 is 9.82. The van der Waals surface area contributed by atoms with Crippen LogP contribution in [0.4, 0.5) is 0 Å². The highest BCUT2D eigenvalue weighted by atomic mass is 79.9. The van der Waals surface area contributed by atoms with Crippen LogP contribution in [0.15, 0.2) is 52.1 Å². The van der Waals surface area contributed by atoms with Gasteiger partial charge in [0.15, 0.2) is 0 Å². The monoisotopic (exact) mass is 402 g/mol. The van der Waals surface area contributed by atoms with E-state index in [0.29, 0.717) is 11.8 Å². The Morgan fingerprint density at radius 1 is 1.12 bits per heavy atom. The van der Waals surface area contributed by atoms with Crippen LogP contribution in [0.1, 0.15) is 29.9 Å². The number of hydrogen-bond acceptors (Lipinski definition) is 2. The normalized spacial score (nSPS) is 26.8. The summed E-state index contributed by atoms with van der Waals surface area (Å²) in [7, 11) is 0. The van der Waals surface area contributed by atoms with E-state index in [1.165, 1.54) is 29.7 Å². The van der Waals surface area contributed by atoms with Gasteiger partial charge in [-0.1, -0.05) is 35.9 Å². The molecule has 4 rings (SSSR count). The molecule has 3 aliphatic rings. The number of benzene rings is 1. The number of piperidine rings is 1. The third-order valence-corrected chi connectivity index (χ3v) is 5.89. The highest BCUT2D eigenvalue weighted by Gasteiger charge is 2.34. The Bertz CT molecular complexity index is 757. The van der Waals surface area contributed by atoms with Crippen molar-refractivity contribution in [1.82, 2.24) is 5.32 Å². The number of rotatable bonds is 1. The van der Waals surface area contributed by atoms with Crippen LogP contribution in [0.3, 0.4) is 0 Å². The molecule has 0 saturated carbocycles. The van der Waals surface area contributed by atoms with Gasteiger partial charge in [-0.2, -0.15) is 0 Å². The second-order valence-electron chi connectivity index (χ2n) is 6.65. The Morgan fingerprint density at radius 2 is 1.92 bits per heavy atom. The zero-order chi connectivity index (χ0) is 16.5. The molecule has 2 aliphatic heterocycles. The van der Waals surface area contributed by atoms with Gasteiger partial charge in [0.05, 0.1) is 0 Å². The number of hydrogen-bond donors (Lipinski definition) is 1. The molecule has 4 heteroatoms. The number of halogens is 2. The molecular weight excluding hydrogens is 384 g/mol. The van der Waals surface area contributed by atoms with Gasteiger partial charge in [-0.25, -0.2) is 0 Å². The minimum absolute atomic E-state index is 0.238. The maximum atomic E-state index is 6.26. The Balaban J connectivity index is 1.86. The van der Waals surface area contributed by atoms with E-state index in [1.807, 2.05) is 12.3 Å². The van der Waals surface area contributed by atoms with Crippen molar-refractivity contribution in [3.8, 4) is 0 Å². The molecule has 124 valence electrons. The Morgan fingerprint density at radius 3 is 2.75 bits per heavy atom. The minimum Gasteiger partial charge on any atom is -0.317 e. The molecule has 1 fully saturated rings. The molecule has 2 heterocycles. The molecular formula is C20H20BrClN2. The first-order valence-corrected chi connectivity index (χ1v) is 9.69. The van der Waals surface area contributed by atoms with Gasteiger partial charge in [-0.05, 0) is 77.1 Å². The van der Waals surface area contributed by atoms with Crippen molar-refractivity contribution >= 4 is 39.3 Å². The van der Waals surface area contributed by atoms with E-state index in [0.717, 1.165) is 22.6 Å². The maximum absolute atomic E-state index is 6.26. The van der Waals surface area contributed by atoms with E-state index in [9.17, 15) is 0 Å². The first-order valence-electron chi connectivity index (χ1n) is 8.52. The summed E-state index contributed by atoms with van der Waals surface area (Å²) in [4.78, 5) is 4.90. The van der Waals surface area contributed by atoms with E-state index < -0.39 is 0 Å². The predicted molar refractivity (Wildman–Crippen MR) is 106 cm³/mol. The molecule has 0 bridgehead atoms. The average Bonchev–Trinajstić information content (AvgIpc) is 2.87. The molecule has 1 aliphatic carbocycles. The number of allylic oxidation sites excluding steroid dienone is 4. The fraction of sp³-hybridized carbons (Fsp3) is 0.350. The van der Waals surface area contributed by atoms with Crippen LogP contribution in [-0.2, 0) is 0 Å². The lowest BCUT2D eigenvalue weighted by atomic mass is 9.74. The number of nitrogens with zero attached hydrogens (tertiary/aromatic N) is 1. The maximum Gasteiger partial charge on any atom is 0.0412 e. The van der Waals surface area contributed by atoms with Crippen molar-refractivity contribution in [1.29, 1.82) is 0 Å². The summed E-state index contributed by atoms with van der Waals surface area (Å²) in [6.07, 6.45) is 13.1. The first kappa shape index (κ1) is 16.3. The van der Waals surface area contributed by atoms with Crippen molar-refractivity contribution < 1.29 is 0 Å². The van der Waals surface area contributed by atoms with E-state index in [2.05, 4.69) is 57.7 Å². The van der Waals surface area contributed by atoms with Gasteiger partial charge in [0.25, 0.3) is 0 Å². The summed E-state index contributed by atoms with van der Waals surface area (Å²) in [6, 6.07) is 6.30. The fourth-order valence-electron chi connectivity index (χ4n) is 4.02. The summed E-state index contributed by atoms with van der Waals surface area (Å²) in [5.74, 6) is 1.20. The van der Waals surface area contributed by atoms with Gasteiger partial charge in [0, 0.05) is 33.3 Å². The molecule has 2 unspecified atom stereocenters. The van der Waals surface area contributed by atoms with Crippen LogP contribution in [0.25, 0.3) is 6.08 Å². The van der Waals surface area contributed by atoms with Gasteiger partial charge in [0.1, 0.15) is 0 Å². The largest absolute Gasteiger partial charge is 0.317 e. The summed E-state index contributed by atoms with van der Waals surface area (Å²) in [5.41, 5.74) is 3.85. The zero-order valence-corrected chi connectivity index (χ0v) is 15.7. The van der Waals surface area contributed by atoms with E-state index in [1.54, 1.807) is 0 Å². The molecule has 0 amide bonds. The average molecular weight is 404 g/mol. The summed E-state index contributed by atoms with van der Waals surface area (Å²) in [5, 5.41) is 4.28. The molecule has 2 nitrogen and oxygen atoms in total. The molecule has 1 N–H and O–H groups in total. The molecule has 2 atom stereocenters. The smallest absolute Gasteiger partial charge is 0.0412 e. The molecule has 0 spiro atoms. The van der Waals surface area contributed by atoms with Crippen LogP contribution in [-0.4, -0.2) is 18.8 Å². The topological polar surface area (TPSA) is 24.4 Å². The van der Waals surface area contributed by atoms with Crippen LogP contribution < -0.4 is 5.32 Å². The molecule has 1 aromatic carbocycles. The van der Waals surface area contributed by atoms with Gasteiger partial charge >= 0.3 is 0 Å². The quantitative estimate of drug-likeness (QED) is 0.675. The molecule has 0 aromatic heterocycles. The SMILES string of the molecule is Clc1ccc2c(c1)C=CC1C=CC(Br)=CN=C1C2C1CCNCC1. The van der Waals surface area contributed by atoms with Crippen molar-refractivity contribution in [2.75, 3.05) is 13.1 Å². The Kier molecular flexibility index (Phi) is 4.75. The summed E-state index contributed by atoms with van der Waals surface area (Å²) in [6.45, 7) is 2.18. The van der Waals surface area contributed by atoms with Gasteiger partial charge in [-0.3, -0.25) is 4.99 Å². The highest BCUT2D eigenvalue weighted by molar-refractivity contribution is 9.11. The Labute approximate surface area is 156 Å². The standard InChI is InChI=1S/C20H20BrClN2/c21-16-4-3-14-1-2-15-11-17(22)5-6-18(15)19(20(14)24-12-16)13-7-9-23-10-8-13/h1-6,11-14,19,23H,7-10H2. The molecule has 0 radical (unpaired) electrons. The third kappa shape index (κ3) is 3.17. The number of fused-ring (bicyclic) bond motifs is 2. The third-order valence-electron chi connectivity index (χ3n) is 5.18. The highest BCUT2D eigenvalue weighted by Crippen LogP contribution is 2.41. The lowest BCUT2D eigenvalue weighted by Gasteiger charge is -2.33. The van der Waals surface area contributed by atoms with E-state index >= 15 is 0 Å². The van der Waals surface area contributed by atoms with Crippen LogP contribution in [0.5, 0.6) is 0 Å². The summed E-state index contributed by atoms with van der Waals surface area (Å²) < 4.78 is 1.02. The predicted octanol–water partition coefficient (Wildman–Crippen LogP) is 5.31. The van der Waals surface area contributed by atoms with Gasteiger partial charge in [-0.15, -0.1) is 0 Å². The van der Waals surface area contributed by atoms with Crippen molar-refractivity contribution in [2.45, 2.75) is 18.8 Å². The molecule has 24 heavy (non-hydrogen) atoms.